The van der Waals surface area contributed by atoms with E-state index >= 15 is 0 Å². The van der Waals surface area contributed by atoms with E-state index in [1.807, 2.05) is 6.07 Å². The smallest absolute Gasteiger partial charge is 0.222 e. The van der Waals surface area contributed by atoms with E-state index < -0.39 is 11.6 Å². The molecular formula is C13H7FNO2. The first kappa shape index (κ1) is 11.0. The second-order valence-corrected chi connectivity index (χ2v) is 3.30. The summed E-state index contributed by atoms with van der Waals surface area (Å²) in [6.07, 6.45) is 0. The first-order chi connectivity index (χ1) is 8.20. The van der Waals surface area contributed by atoms with Gasteiger partial charge < -0.3 is 4.74 Å². The monoisotopic (exact) mass is 228 g/mol. The van der Waals surface area contributed by atoms with Crippen molar-refractivity contribution in [3.63, 3.8) is 0 Å². The summed E-state index contributed by atoms with van der Waals surface area (Å²) in [5.74, 6) is -0.775. The molecule has 0 aliphatic rings. The molecule has 2 aromatic rings. The highest BCUT2D eigenvalue weighted by atomic mass is 19.1. The Morgan fingerprint density at radius 3 is 2.65 bits per heavy atom. The minimum atomic E-state index is -0.468. The maximum atomic E-state index is 12.9. The van der Waals surface area contributed by atoms with Gasteiger partial charge in [-0.15, -0.1) is 0 Å². The molecule has 0 heterocycles. The number of nitrogens with zero attached hydrogens (tertiary/aromatic N) is 1. The molecule has 0 atom stereocenters. The zero-order valence-electron chi connectivity index (χ0n) is 8.68. The van der Waals surface area contributed by atoms with Crippen molar-refractivity contribution in [3.05, 3.63) is 53.8 Å². The van der Waals surface area contributed by atoms with E-state index in [2.05, 4.69) is 0 Å². The van der Waals surface area contributed by atoms with Crippen LogP contribution in [0.15, 0.2) is 42.5 Å². The number of halogens is 1. The quantitative estimate of drug-likeness (QED) is 0.787. The van der Waals surface area contributed by atoms with E-state index in [0.717, 1.165) is 6.07 Å². The number of hydrogen-bond donors (Lipinski definition) is 0. The van der Waals surface area contributed by atoms with Gasteiger partial charge in [0.15, 0.2) is 5.75 Å². The highest BCUT2D eigenvalue weighted by Crippen LogP contribution is 2.34. The van der Waals surface area contributed by atoms with Gasteiger partial charge in [0.2, 0.25) is 5.75 Å². The van der Waals surface area contributed by atoms with E-state index in [-0.39, 0.29) is 17.1 Å². The fourth-order valence-corrected chi connectivity index (χ4v) is 1.36. The Morgan fingerprint density at radius 1 is 1.18 bits per heavy atom. The predicted octanol–water partition coefficient (Wildman–Crippen LogP) is 3.63. The highest BCUT2D eigenvalue weighted by molar-refractivity contribution is 5.53. The average molecular weight is 228 g/mol. The van der Waals surface area contributed by atoms with Crippen molar-refractivity contribution in [2.45, 2.75) is 0 Å². The lowest BCUT2D eigenvalue weighted by atomic mass is 10.2. The molecule has 0 N–H and O–H groups in total. The van der Waals surface area contributed by atoms with Crippen LogP contribution in [0.1, 0.15) is 5.56 Å². The summed E-state index contributed by atoms with van der Waals surface area (Å²) >= 11 is 0. The lowest BCUT2D eigenvalue weighted by Gasteiger charge is -2.07. The van der Waals surface area contributed by atoms with Gasteiger partial charge >= 0.3 is 0 Å². The van der Waals surface area contributed by atoms with Crippen LogP contribution in [0, 0.1) is 17.1 Å². The third-order valence-electron chi connectivity index (χ3n) is 2.12. The lowest BCUT2D eigenvalue weighted by molar-refractivity contribution is 0.328. The standard InChI is InChI=1S/C13H7FNO2/c14-10-4-2-5-11(7-10)17-13-9(8-15)3-1-6-12(13)16/h1-7H. The largest absolute Gasteiger partial charge is 0.452 e. The Morgan fingerprint density at radius 2 is 1.94 bits per heavy atom. The molecule has 0 aliphatic carbocycles. The third-order valence-corrected chi connectivity index (χ3v) is 2.12. The minimum absolute atomic E-state index is 0.0828. The van der Waals surface area contributed by atoms with E-state index in [1.54, 1.807) is 0 Å². The van der Waals surface area contributed by atoms with Gasteiger partial charge in [0.1, 0.15) is 17.6 Å². The normalized spacial score (nSPS) is 9.65. The fraction of sp³-hybridized carbons (Fsp3) is 0. The van der Waals surface area contributed by atoms with Gasteiger partial charge in [0, 0.05) is 6.07 Å². The van der Waals surface area contributed by atoms with Crippen LogP contribution in [0.3, 0.4) is 0 Å². The number of benzene rings is 2. The van der Waals surface area contributed by atoms with Gasteiger partial charge in [-0.1, -0.05) is 12.1 Å². The molecule has 0 amide bonds. The van der Waals surface area contributed by atoms with Gasteiger partial charge in [-0.25, -0.2) is 4.39 Å². The molecule has 0 bridgehead atoms. The Kier molecular flexibility index (Phi) is 2.93. The van der Waals surface area contributed by atoms with Crippen molar-refractivity contribution in [2.24, 2.45) is 0 Å². The Balaban J connectivity index is 2.40. The molecular weight excluding hydrogens is 221 g/mol. The highest BCUT2D eigenvalue weighted by Gasteiger charge is 2.11. The summed E-state index contributed by atoms with van der Waals surface area (Å²) in [4.78, 5) is 0. The van der Waals surface area contributed by atoms with Crippen LogP contribution in [0.4, 0.5) is 4.39 Å². The van der Waals surface area contributed by atoms with E-state index in [4.69, 9.17) is 10.00 Å². The summed E-state index contributed by atoms with van der Waals surface area (Å²) in [6, 6.07) is 11.5. The summed E-state index contributed by atoms with van der Waals surface area (Å²) in [7, 11) is 0. The number of hydrogen-bond acceptors (Lipinski definition) is 2. The Labute approximate surface area is 97.3 Å². The topological polar surface area (TPSA) is 52.9 Å². The number of para-hydroxylation sites is 1. The second kappa shape index (κ2) is 4.54. The first-order valence-electron chi connectivity index (χ1n) is 4.84. The maximum Gasteiger partial charge on any atom is 0.222 e. The van der Waals surface area contributed by atoms with Crippen LogP contribution < -0.4 is 4.74 Å². The zero-order chi connectivity index (χ0) is 12.3. The number of nitriles is 1. The van der Waals surface area contributed by atoms with Crippen molar-refractivity contribution in [3.8, 4) is 23.3 Å². The van der Waals surface area contributed by atoms with Gasteiger partial charge in [0.25, 0.3) is 0 Å². The van der Waals surface area contributed by atoms with E-state index in [9.17, 15) is 9.50 Å². The van der Waals surface area contributed by atoms with Crippen LogP contribution in [0.25, 0.3) is 0 Å². The fourth-order valence-electron chi connectivity index (χ4n) is 1.36. The van der Waals surface area contributed by atoms with Crippen molar-refractivity contribution in [2.75, 3.05) is 0 Å². The number of rotatable bonds is 2. The SMILES string of the molecule is N#Cc1cccc([O])c1Oc1cccc(F)c1. The molecule has 2 aromatic carbocycles. The van der Waals surface area contributed by atoms with Crippen LogP contribution >= 0.6 is 0 Å². The summed E-state index contributed by atoms with van der Waals surface area (Å²) in [6.45, 7) is 0. The molecule has 0 spiro atoms. The average Bonchev–Trinajstić information content (AvgIpc) is 2.32. The molecule has 0 unspecified atom stereocenters. The van der Waals surface area contributed by atoms with Crippen LogP contribution in [0.2, 0.25) is 0 Å². The van der Waals surface area contributed by atoms with Gasteiger partial charge in [-0.3, -0.25) is 5.11 Å². The van der Waals surface area contributed by atoms with Gasteiger partial charge in [-0.2, -0.15) is 5.26 Å². The molecule has 0 aromatic heterocycles. The van der Waals surface area contributed by atoms with Crippen LogP contribution in [0.5, 0.6) is 17.2 Å². The molecule has 4 heteroatoms. The maximum absolute atomic E-state index is 12.9. The molecule has 83 valence electrons. The lowest BCUT2D eigenvalue weighted by Crippen LogP contribution is -1.89. The summed E-state index contributed by atoms with van der Waals surface area (Å²) in [5, 5.41) is 20.4. The zero-order valence-corrected chi connectivity index (χ0v) is 8.68. The van der Waals surface area contributed by atoms with Crippen molar-refractivity contribution in [1.29, 1.82) is 5.26 Å². The molecule has 0 fully saturated rings. The third kappa shape index (κ3) is 2.34. The molecule has 3 nitrogen and oxygen atoms in total. The molecule has 17 heavy (non-hydrogen) atoms. The minimum Gasteiger partial charge on any atom is -0.452 e. The number of ether oxygens (including phenoxy) is 1. The van der Waals surface area contributed by atoms with Gasteiger partial charge in [0.05, 0.1) is 5.56 Å². The van der Waals surface area contributed by atoms with Gasteiger partial charge in [-0.05, 0) is 24.3 Å². The molecule has 2 rings (SSSR count). The van der Waals surface area contributed by atoms with E-state index in [1.165, 1.54) is 36.4 Å². The molecule has 0 saturated carbocycles. The molecule has 1 radical (unpaired) electrons. The van der Waals surface area contributed by atoms with Crippen LogP contribution in [-0.2, 0) is 5.11 Å². The van der Waals surface area contributed by atoms with Crippen molar-refractivity contribution < 1.29 is 14.2 Å². The summed E-state index contributed by atoms with van der Waals surface area (Å²) in [5.41, 5.74) is 0.127. The Bertz CT molecular complexity index is 590. The molecule has 0 aliphatic heterocycles. The Hall–Kier alpha value is -2.54. The van der Waals surface area contributed by atoms with Crippen LogP contribution in [-0.4, -0.2) is 0 Å². The van der Waals surface area contributed by atoms with Crippen molar-refractivity contribution in [1.82, 2.24) is 0 Å². The van der Waals surface area contributed by atoms with Crippen molar-refractivity contribution >= 4 is 0 Å². The predicted molar refractivity (Wildman–Crippen MR) is 57.8 cm³/mol. The van der Waals surface area contributed by atoms with E-state index in [0.29, 0.717) is 0 Å². The first-order valence-corrected chi connectivity index (χ1v) is 4.84. The second-order valence-electron chi connectivity index (χ2n) is 3.30. The molecule has 0 saturated heterocycles. The summed E-state index contributed by atoms with van der Waals surface area (Å²) < 4.78 is 18.2.